The summed E-state index contributed by atoms with van der Waals surface area (Å²) >= 11 is 0. The molecule has 0 aliphatic heterocycles. The lowest BCUT2D eigenvalue weighted by atomic mass is 9.98. The molecular weight excluding hydrogens is 250 g/mol. The molecule has 0 bridgehead atoms. The van der Waals surface area contributed by atoms with Gasteiger partial charge in [0.1, 0.15) is 5.75 Å². The monoisotopic (exact) mass is 273 g/mol. The van der Waals surface area contributed by atoms with Gasteiger partial charge < -0.3 is 14.7 Å². The van der Waals surface area contributed by atoms with E-state index in [9.17, 15) is 5.11 Å². The minimum atomic E-state index is 0.152. The second kappa shape index (κ2) is 7.15. The Kier molecular flexibility index (Phi) is 5.24. The van der Waals surface area contributed by atoms with Gasteiger partial charge in [-0.25, -0.2) is 0 Å². The van der Waals surface area contributed by atoms with Crippen molar-refractivity contribution >= 4 is 5.69 Å². The molecular formula is C17H23NO2. The molecule has 1 aromatic carbocycles. The predicted molar refractivity (Wildman–Crippen MR) is 83.3 cm³/mol. The van der Waals surface area contributed by atoms with Gasteiger partial charge in [-0.15, -0.1) is 0 Å². The van der Waals surface area contributed by atoms with E-state index in [0.717, 1.165) is 24.4 Å². The van der Waals surface area contributed by atoms with Gasteiger partial charge >= 0.3 is 0 Å². The highest BCUT2D eigenvalue weighted by molar-refractivity contribution is 5.51. The molecule has 0 heterocycles. The molecule has 0 saturated heterocycles. The number of anilines is 1. The lowest BCUT2D eigenvalue weighted by Gasteiger charge is -2.26. The number of hydrogen-bond acceptors (Lipinski definition) is 3. The fraction of sp³-hybridized carbons (Fsp3) is 0.412. The van der Waals surface area contributed by atoms with E-state index in [1.54, 1.807) is 7.11 Å². The van der Waals surface area contributed by atoms with Gasteiger partial charge in [0, 0.05) is 18.8 Å². The molecule has 3 heteroatoms. The zero-order chi connectivity index (χ0) is 14.4. The van der Waals surface area contributed by atoms with Crippen molar-refractivity contribution in [3.63, 3.8) is 0 Å². The number of allylic oxidation sites excluding steroid dienone is 2. The molecule has 0 fully saturated rings. The third-order valence-electron chi connectivity index (χ3n) is 3.57. The second-order valence-electron chi connectivity index (χ2n) is 5.19. The van der Waals surface area contributed by atoms with E-state index in [-0.39, 0.29) is 6.61 Å². The summed E-state index contributed by atoms with van der Waals surface area (Å²) in [5, 5.41) is 9.27. The fourth-order valence-electron chi connectivity index (χ4n) is 2.32. The van der Waals surface area contributed by atoms with Crippen LogP contribution in [0.5, 0.6) is 5.75 Å². The number of ether oxygens (including phenoxy) is 1. The topological polar surface area (TPSA) is 32.7 Å². The average Bonchev–Trinajstić information content (AvgIpc) is 2.49. The van der Waals surface area contributed by atoms with Crippen molar-refractivity contribution in [1.82, 2.24) is 0 Å². The molecule has 20 heavy (non-hydrogen) atoms. The summed E-state index contributed by atoms with van der Waals surface area (Å²) in [6, 6.07) is 7.97. The zero-order valence-corrected chi connectivity index (χ0v) is 12.2. The molecule has 0 saturated carbocycles. The molecule has 0 amide bonds. The molecule has 0 aromatic heterocycles. The van der Waals surface area contributed by atoms with Crippen molar-refractivity contribution in [1.29, 1.82) is 0 Å². The third kappa shape index (κ3) is 3.87. The Morgan fingerprint density at radius 2 is 2.05 bits per heavy atom. The lowest BCUT2D eigenvalue weighted by Crippen LogP contribution is -2.28. The zero-order valence-electron chi connectivity index (χ0n) is 12.2. The van der Waals surface area contributed by atoms with Gasteiger partial charge in [-0.1, -0.05) is 25.2 Å². The van der Waals surface area contributed by atoms with Gasteiger partial charge in [0.15, 0.2) is 0 Å². The molecule has 0 radical (unpaired) electrons. The summed E-state index contributed by atoms with van der Waals surface area (Å²) in [6.45, 7) is 3.83. The van der Waals surface area contributed by atoms with Crippen LogP contribution in [0.3, 0.4) is 0 Å². The highest BCUT2D eigenvalue weighted by Gasteiger charge is 2.10. The first kappa shape index (κ1) is 14.7. The van der Waals surface area contributed by atoms with E-state index in [1.165, 1.54) is 5.57 Å². The van der Waals surface area contributed by atoms with Crippen molar-refractivity contribution in [3.8, 4) is 5.75 Å². The maximum Gasteiger partial charge on any atom is 0.119 e. The van der Waals surface area contributed by atoms with E-state index in [1.807, 2.05) is 24.3 Å². The SMILES string of the molecule is COc1ccc(N(CCO)CC2=CCC(C)C=C2)cc1. The smallest absolute Gasteiger partial charge is 0.119 e. The molecule has 1 aliphatic rings. The molecule has 1 N–H and O–H groups in total. The second-order valence-corrected chi connectivity index (χ2v) is 5.19. The van der Waals surface area contributed by atoms with Crippen LogP contribution in [-0.4, -0.2) is 31.9 Å². The summed E-state index contributed by atoms with van der Waals surface area (Å²) < 4.78 is 5.18. The number of nitrogens with zero attached hydrogens (tertiary/aromatic N) is 1. The fourth-order valence-corrected chi connectivity index (χ4v) is 2.32. The summed E-state index contributed by atoms with van der Waals surface area (Å²) in [5.74, 6) is 1.48. The molecule has 1 aliphatic carbocycles. The largest absolute Gasteiger partial charge is 0.497 e. The Labute approximate surface area is 121 Å². The van der Waals surface area contributed by atoms with E-state index in [4.69, 9.17) is 4.74 Å². The first-order valence-corrected chi connectivity index (χ1v) is 7.10. The van der Waals surface area contributed by atoms with Crippen molar-refractivity contribution < 1.29 is 9.84 Å². The van der Waals surface area contributed by atoms with Crippen LogP contribution < -0.4 is 9.64 Å². The number of benzene rings is 1. The Bertz CT molecular complexity index is 476. The average molecular weight is 273 g/mol. The van der Waals surface area contributed by atoms with E-state index < -0.39 is 0 Å². The summed E-state index contributed by atoms with van der Waals surface area (Å²) in [4.78, 5) is 2.19. The van der Waals surface area contributed by atoms with E-state index in [2.05, 4.69) is 30.1 Å². The van der Waals surface area contributed by atoms with Crippen LogP contribution in [-0.2, 0) is 0 Å². The Morgan fingerprint density at radius 1 is 1.30 bits per heavy atom. The van der Waals surface area contributed by atoms with Gasteiger partial charge in [-0.2, -0.15) is 0 Å². The van der Waals surface area contributed by atoms with Gasteiger partial charge in [-0.05, 0) is 42.2 Å². The van der Waals surface area contributed by atoms with Crippen LogP contribution in [0.15, 0.2) is 48.1 Å². The standard InChI is InChI=1S/C17H23NO2/c1-14-3-5-15(6-4-14)13-18(11-12-19)16-7-9-17(20-2)10-8-16/h3,5-10,14,19H,4,11-13H2,1-2H3. The minimum Gasteiger partial charge on any atom is -0.497 e. The highest BCUT2D eigenvalue weighted by atomic mass is 16.5. The summed E-state index contributed by atoms with van der Waals surface area (Å²) in [5.41, 5.74) is 2.42. The van der Waals surface area contributed by atoms with Crippen LogP contribution in [0.25, 0.3) is 0 Å². The molecule has 2 rings (SSSR count). The quantitative estimate of drug-likeness (QED) is 0.865. The molecule has 1 unspecified atom stereocenters. The highest BCUT2D eigenvalue weighted by Crippen LogP contribution is 2.22. The molecule has 0 spiro atoms. The summed E-state index contributed by atoms with van der Waals surface area (Å²) in [7, 11) is 1.67. The third-order valence-corrected chi connectivity index (χ3v) is 3.57. The maximum atomic E-state index is 9.27. The van der Waals surface area contributed by atoms with Crippen molar-refractivity contribution in [2.45, 2.75) is 13.3 Å². The normalized spacial score (nSPS) is 17.8. The Morgan fingerprint density at radius 3 is 2.60 bits per heavy atom. The molecule has 108 valence electrons. The molecule has 1 atom stereocenters. The van der Waals surface area contributed by atoms with Crippen molar-refractivity contribution in [2.24, 2.45) is 5.92 Å². The number of rotatable bonds is 6. The Hall–Kier alpha value is -1.74. The van der Waals surface area contributed by atoms with Crippen LogP contribution in [0.4, 0.5) is 5.69 Å². The number of aliphatic hydroxyl groups excluding tert-OH is 1. The number of hydrogen-bond donors (Lipinski definition) is 1. The van der Waals surface area contributed by atoms with Crippen molar-refractivity contribution in [3.05, 3.63) is 48.1 Å². The Balaban J connectivity index is 2.08. The van der Waals surface area contributed by atoms with Crippen molar-refractivity contribution in [2.75, 3.05) is 31.7 Å². The van der Waals surface area contributed by atoms with Crippen LogP contribution >= 0.6 is 0 Å². The van der Waals surface area contributed by atoms with Crippen LogP contribution in [0.2, 0.25) is 0 Å². The van der Waals surface area contributed by atoms with Crippen LogP contribution in [0.1, 0.15) is 13.3 Å². The van der Waals surface area contributed by atoms with Gasteiger partial charge in [0.05, 0.1) is 13.7 Å². The van der Waals surface area contributed by atoms with Crippen LogP contribution in [0, 0.1) is 5.92 Å². The number of methoxy groups -OCH3 is 1. The summed E-state index contributed by atoms with van der Waals surface area (Å²) in [6.07, 6.45) is 7.84. The van der Waals surface area contributed by atoms with Gasteiger partial charge in [0.25, 0.3) is 0 Å². The molecule has 1 aromatic rings. The molecule has 3 nitrogen and oxygen atoms in total. The first-order chi connectivity index (χ1) is 9.72. The predicted octanol–water partition coefficient (Wildman–Crippen LogP) is 3.02. The minimum absolute atomic E-state index is 0.152. The first-order valence-electron chi connectivity index (χ1n) is 7.10. The van der Waals surface area contributed by atoms with Gasteiger partial charge in [-0.3, -0.25) is 0 Å². The van der Waals surface area contributed by atoms with E-state index in [0.29, 0.717) is 12.5 Å². The van der Waals surface area contributed by atoms with E-state index >= 15 is 0 Å². The number of aliphatic hydroxyl groups is 1. The lowest BCUT2D eigenvalue weighted by molar-refractivity contribution is 0.303. The van der Waals surface area contributed by atoms with Gasteiger partial charge in [0.2, 0.25) is 0 Å². The maximum absolute atomic E-state index is 9.27.